The number of amides is 4. The molecule has 1 saturated heterocycles. The summed E-state index contributed by atoms with van der Waals surface area (Å²) in [6, 6.07) is -0.690. The van der Waals surface area contributed by atoms with Crippen LogP contribution >= 0.6 is 0 Å². The fourth-order valence-electron chi connectivity index (χ4n) is 1.53. The summed E-state index contributed by atoms with van der Waals surface area (Å²) in [7, 11) is 0. The average Bonchev–Trinajstić information content (AvgIpc) is 2.20. The van der Waals surface area contributed by atoms with Crippen LogP contribution in [0.3, 0.4) is 0 Å². The van der Waals surface area contributed by atoms with Crippen LogP contribution in [0.15, 0.2) is 0 Å². The lowest BCUT2D eigenvalue weighted by Crippen LogP contribution is -2.52. The third-order valence-electron chi connectivity index (χ3n) is 2.38. The maximum Gasteiger partial charge on any atom is 0.330 e. The summed E-state index contributed by atoms with van der Waals surface area (Å²) in [5.41, 5.74) is 0. The first-order valence-electron chi connectivity index (χ1n) is 5.36. The molecular weight excluding hydrogens is 228 g/mol. The Balaban J connectivity index is 2.26. The summed E-state index contributed by atoms with van der Waals surface area (Å²) in [5.74, 6) is -1.94. The normalized spacial score (nSPS) is 16.0. The smallest absolute Gasteiger partial charge is 0.330 e. The Kier molecular flexibility index (Phi) is 4.62. The molecule has 1 aliphatic rings. The number of nitrogens with zero attached hydrogens (tertiary/aromatic N) is 1. The minimum absolute atomic E-state index is 0.0820. The van der Waals surface area contributed by atoms with Gasteiger partial charge in [-0.05, 0) is 12.8 Å². The number of aliphatic carboxylic acids is 1. The molecule has 7 heteroatoms. The summed E-state index contributed by atoms with van der Waals surface area (Å²) in [5, 5.41) is 10.5. The van der Waals surface area contributed by atoms with Crippen LogP contribution in [0.25, 0.3) is 0 Å². The zero-order chi connectivity index (χ0) is 12.8. The number of carboxylic acid groups (broad SMARTS) is 1. The summed E-state index contributed by atoms with van der Waals surface area (Å²) >= 11 is 0. The maximum atomic E-state index is 11.3. The molecule has 1 aliphatic heterocycles. The largest absolute Gasteiger partial charge is 0.481 e. The Morgan fingerprint density at radius 2 is 1.94 bits per heavy atom. The summed E-state index contributed by atoms with van der Waals surface area (Å²) in [6.07, 6.45) is 1.45. The number of nitrogens with one attached hydrogen (secondary N) is 1. The molecular formula is C10H14N2O5. The first kappa shape index (κ1) is 13.1. The van der Waals surface area contributed by atoms with Gasteiger partial charge in [-0.3, -0.25) is 24.6 Å². The molecule has 7 nitrogen and oxygen atoms in total. The standard InChI is InChI=1S/C10H14N2O5/c13-7-6-8(14)12(10(17)11-7)5-3-1-2-4-9(15)16/h1-6H2,(H,15,16)(H,11,13,17). The first-order chi connectivity index (χ1) is 8.00. The van der Waals surface area contributed by atoms with Crippen LogP contribution in [0.5, 0.6) is 0 Å². The molecule has 0 aromatic rings. The second kappa shape index (κ2) is 5.97. The Bertz CT molecular complexity index is 333. The lowest BCUT2D eigenvalue weighted by atomic mass is 10.2. The van der Waals surface area contributed by atoms with Crippen LogP contribution in [-0.4, -0.2) is 40.4 Å². The predicted molar refractivity (Wildman–Crippen MR) is 56.0 cm³/mol. The topological polar surface area (TPSA) is 104 Å². The van der Waals surface area contributed by atoms with E-state index in [0.29, 0.717) is 19.3 Å². The predicted octanol–water partition coefficient (Wildman–Crippen LogP) is 0.0999. The third kappa shape index (κ3) is 4.21. The van der Waals surface area contributed by atoms with Gasteiger partial charge in [0.15, 0.2) is 0 Å². The van der Waals surface area contributed by atoms with Crippen molar-refractivity contribution in [2.24, 2.45) is 0 Å². The number of hydrogen-bond donors (Lipinski definition) is 2. The van der Waals surface area contributed by atoms with E-state index < -0.39 is 23.8 Å². The van der Waals surface area contributed by atoms with Crippen molar-refractivity contribution in [3.63, 3.8) is 0 Å². The summed E-state index contributed by atoms with van der Waals surface area (Å²) in [4.78, 5) is 44.7. The van der Waals surface area contributed by atoms with E-state index in [0.717, 1.165) is 4.90 Å². The first-order valence-corrected chi connectivity index (χ1v) is 5.36. The van der Waals surface area contributed by atoms with Gasteiger partial charge in [0.25, 0.3) is 0 Å². The molecule has 0 saturated carbocycles. The molecule has 0 aromatic heterocycles. The lowest BCUT2D eigenvalue weighted by molar-refractivity contribution is -0.138. The molecule has 0 aliphatic carbocycles. The van der Waals surface area contributed by atoms with Crippen LogP contribution in [0.1, 0.15) is 32.1 Å². The number of imide groups is 2. The fourth-order valence-corrected chi connectivity index (χ4v) is 1.53. The minimum Gasteiger partial charge on any atom is -0.481 e. The van der Waals surface area contributed by atoms with Crippen molar-refractivity contribution < 1.29 is 24.3 Å². The molecule has 0 spiro atoms. The molecule has 2 N–H and O–H groups in total. The lowest BCUT2D eigenvalue weighted by Gasteiger charge is -2.24. The van der Waals surface area contributed by atoms with E-state index in [1.165, 1.54) is 0 Å². The van der Waals surface area contributed by atoms with Gasteiger partial charge in [0.2, 0.25) is 11.8 Å². The minimum atomic E-state index is -0.859. The van der Waals surface area contributed by atoms with Crippen molar-refractivity contribution >= 4 is 23.8 Å². The fraction of sp³-hybridized carbons (Fsp3) is 0.600. The van der Waals surface area contributed by atoms with Gasteiger partial charge in [-0.25, -0.2) is 4.79 Å². The van der Waals surface area contributed by atoms with Crippen LogP contribution in [0.4, 0.5) is 4.79 Å². The third-order valence-corrected chi connectivity index (χ3v) is 2.38. The highest BCUT2D eigenvalue weighted by Gasteiger charge is 2.29. The van der Waals surface area contributed by atoms with E-state index in [9.17, 15) is 19.2 Å². The van der Waals surface area contributed by atoms with Crippen molar-refractivity contribution in [3.05, 3.63) is 0 Å². The van der Waals surface area contributed by atoms with E-state index >= 15 is 0 Å². The zero-order valence-electron chi connectivity index (χ0n) is 9.27. The number of unbranched alkanes of at least 4 members (excludes halogenated alkanes) is 2. The van der Waals surface area contributed by atoms with Crippen LogP contribution in [0.2, 0.25) is 0 Å². The van der Waals surface area contributed by atoms with Crippen LogP contribution in [0, 0.1) is 0 Å². The number of rotatable bonds is 6. The molecule has 94 valence electrons. The highest BCUT2D eigenvalue weighted by Crippen LogP contribution is 2.07. The van der Waals surface area contributed by atoms with Gasteiger partial charge in [0, 0.05) is 13.0 Å². The van der Waals surface area contributed by atoms with Crippen molar-refractivity contribution in [2.75, 3.05) is 6.54 Å². The molecule has 17 heavy (non-hydrogen) atoms. The van der Waals surface area contributed by atoms with Crippen molar-refractivity contribution in [1.29, 1.82) is 0 Å². The van der Waals surface area contributed by atoms with Crippen LogP contribution in [-0.2, 0) is 14.4 Å². The molecule has 1 fully saturated rings. The molecule has 0 unspecified atom stereocenters. The van der Waals surface area contributed by atoms with Crippen molar-refractivity contribution in [2.45, 2.75) is 32.1 Å². The maximum absolute atomic E-state index is 11.3. The summed E-state index contributed by atoms with van der Waals surface area (Å²) in [6.45, 7) is 0.220. The Labute approximate surface area is 97.8 Å². The second-order valence-corrected chi connectivity index (χ2v) is 3.78. The molecule has 0 aromatic carbocycles. The highest BCUT2D eigenvalue weighted by atomic mass is 16.4. The molecule has 1 heterocycles. The number of barbiturate groups is 1. The van der Waals surface area contributed by atoms with E-state index in [1.54, 1.807) is 0 Å². The van der Waals surface area contributed by atoms with E-state index in [-0.39, 0.29) is 19.4 Å². The van der Waals surface area contributed by atoms with Gasteiger partial charge in [0.1, 0.15) is 6.42 Å². The Morgan fingerprint density at radius 3 is 2.53 bits per heavy atom. The zero-order valence-corrected chi connectivity index (χ0v) is 9.27. The Morgan fingerprint density at radius 1 is 1.24 bits per heavy atom. The molecule has 0 radical (unpaired) electrons. The van der Waals surface area contributed by atoms with Gasteiger partial charge in [-0.15, -0.1) is 0 Å². The molecule has 1 rings (SSSR count). The van der Waals surface area contributed by atoms with Gasteiger partial charge in [-0.2, -0.15) is 0 Å². The summed E-state index contributed by atoms with van der Waals surface area (Å²) < 4.78 is 0. The molecule has 4 amide bonds. The number of carbonyl (C=O) groups excluding carboxylic acids is 3. The quantitative estimate of drug-likeness (QED) is 0.507. The van der Waals surface area contributed by atoms with E-state index in [2.05, 4.69) is 5.32 Å². The monoisotopic (exact) mass is 242 g/mol. The number of carboxylic acids is 1. The molecule has 0 atom stereocenters. The number of hydrogen-bond acceptors (Lipinski definition) is 4. The van der Waals surface area contributed by atoms with Crippen LogP contribution < -0.4 is 5.32 Å². The van der Waals surface area contributed by atoms with E-state index in [1.807, 2.05) is 0 Å². The van der Waals surface area contributed by atoms with E-state index in [4.69, 9.17) is 5.11 Å². The average molecular weight is 242 g/mol. The second-order valence-electron chi connectivity index (χ2n) is 3.78. The van der Waals surface area contributed by atoms with Gasteiger partial charge in [-0.1, -0.05) is 6.42 Å². The molecule has 0 bridgehead atoms. The number of carbonyl (C=O) groups is 4. The highest BCUT2D eigenvalue weighted by molar-refractivity contribution is 6.14. The van der Waals surface area contributed by atoms with Crippen molar-refractivity contribution in [1.82, 2.24) is 10.2 Å². The number of urea groups is 1. The van der Waals surface area contributed by atoms with Gasteiger partial charge >= 0.3 is 12.0 Å². The van der Waals surface area contributed by atoms with Gasteiger partial charge < -0.3 is 5.11 Å². The van der Waals surface area contributed by atoms with Crippen molar-refractivity contribution in [3.8, 4) is 0 Å². The Hall–Kier alpha value is -1.92. The SMILES string of the molecule is O=C(O)CCCCCN1C(=O)CC(=O)NC1=O. The van der Waals surface area contributed by atoms with Gasteiger partial charge in [0.05, 0.1) is 0 Å².